The summed E-state index contributed by atoms with van der Waals surface area (Å²) in [6.45, 7) is 2.34. The molecular weight excluding hydrogens is 277 g/mol. The van der Waals surface area contributed by atoms with Crippen molar-refractivity contribution in [1.29, 1.82) is 0 Å². The molecule has 4 nitrogen and oxygen atoms in total. The first-order chi connectivity index (χ1) is 8.77. The van der Waals surface area contributed by atoms with E-state index in [1.165, 1.54) is 0 Å². The summed E-state index contributed by atoms with van der Waals surface area (Å²) in [5, 5.41) is 0.480. The van der Waals surface area contributed by atoms with Crippen LogP contribution in [-0.4, -0.2) is 38.5 Å². The van der Waals surface area contributed by atoms with Crippen LogP contribution in [0.25, 0.3) is 0 Å². The van der Waals surface area contributed by atoms with Crippen molar-refractivity contribution < 1.29 is 14.2 Å². The first kappa shape index (κ1) is 15.5. The summed E-state index contributed by atoms with van der Waals surface area (Å²) in [7, 11) is 1.64. The zero-order chi connectivity index (χ0) is 13.2. The van der Waals surface area contributed by atoms with Gasteiger partial charge in [0.2, 0.25) is 5.88 Å². The third kappa shape index (κ3) is 5.87. The summed E-state index contributed by atoms with van der Waals surface area (Å²) in [6, 6.07) is 1.76. The monoisotopic (exact) mass is 293 g/mol. The average molecular weight is 294 g/mol. The van der Waals surface area contributed by atoms with Crippen LogP contribution in [0.1, 0.15) is 12.0 Å². The highest BCUT2D eigenvalue weighted by Gasteiger charge is 2.04. The zero-order valence-electron chi connectivity index (χ0n) is 10.3. The molecule has 0 aliphatic carbocycles. The Bertz CT molecular complexity index is 350. The van der Waals surface area contributed by atoms with E-state index < -0.39 is 0 Å². The lowest BCUT2D eigenvalue weighted by Gasteiger charge is -2.08. The molecule has 1 rings (SSSR count). The van der Waals surface area contributed by atoms with Gasteiger partial charge in [0.1, 0.15) is 5.02 Å². The van der Waals surface area contributed by atoms with Gasteiger partial charge in [-0.25, -0.2) is 4.98 Å². The van der Waals surface area contributed by atoms with E-state index in [-0.39, 0.29) is 0 Å². The van der Waals surface area contributed by atoms with Crippen molar-refractivity contribution in [3.63, 3.8) is 0 Å². The molecule has 1 aromatic rings. The highest BCUT2D eigenvalue weighted by atomic mass is 35.5. The second-order valence-corrected chi connectivity index (χ2v) is 4.25. The Hall–Kier alpha value is -0.550. The second-order valence-electron chi connectivity index (χ2n) is 3.57. The van der Waals surface area contributed by atoms with Gasteiger partial charge in [0.15, 0.2) is 0 Å². The Morgan fingerprint density at radius 1 is 1.22 bits per heavy atom. The molecule has 1 heterocycles. The number of hydrogen-bond acceptors (Lipinski definition) is 4. The zero-order valence-corrected chi connectivity index (χ0v) is 11.8. The van der Waals surface area contributed by atoms with Crippen LogP contribution in [0.4, 0.5) is 0 Å². The maximum absolute atomic E-state index is 6.00. The van der Waals surface area contributed by atoms with Crippen molar-refractivity contribution in [1.82, 2.24) is 4.98 Å². The van der Waals surface area contributed by atoms with Crippen LogP contribution >= 0.6 is 23.2 Å². The molecule has 102 valence electrons. The van der Waals surface area contributed by atoms with Crippen LogP contribution in [0, 0.1) is 0 Å². The van der Waals surface area contributed by atoms with Gasteiger partial charge in [-0.3, -0.25) is 0 Å². The quantitative estimate of drug-likeness (QED) is 0.518. The third-order valence-corrected chi connectivity index (χ3v) is 2.70. The van der Waals surface area contributed by atoms with E-state index in [2.05, 4.69) is 4.98 Å². The summed E-state index contributed by atoms with van der Waals surface area (Å²) in [6.07, 6.45) is 2.43. The Labute approximate surface area is 117 Å². The van der Waals surface area contributed by atoms with Crippen LogP contribution in [0.5, 0.6) is 5.88 Å². The van der Waals surface area contributed by atoms with Crippen LogP contribution in [0.15, 0.2) is 12.3 Å². The van der Waals surface area contributed by atoms with E-state index in [0.29, 0.717) is 43.2 Å². The van der Waals surface area contributed by atoms with Crippen molar-refractivity contribution in [2.45, 2.75) is 12.3 Å². The van der Waals surface area contributed by atoms with Crippen molar-refractivity contribution in [2.24, 2.45) is 0 Å². The fourth-order valence-electron chi connectivity index (χ4n) is 1.22. The summed E-state index contributed by atoms with van der Waals surface area (Å²) < 4.78 is 15.6. The first-order valence-corrected chi connectivity index (χ1v) is 6.59. The number of aromatic nitrogens is 1. The smallest absolute Gasteiger partial charge is 0.232 e. The Morgan fingerprint density at radius 2 is 2.06 bits per heavy atom. The normalized spacial score (nSPS) is 10.6. The van der Waals surface area contributed by atoms with Crippen molar-refractivity contribution in [2.75, 3.05) is 33.5 Å². The van der Waals surface area contributed by atoms with Gasteiger partial charge in [-0.05, 0) is 11.6 Å². The summed E-state index contributed by atoms with van der Waals surface area (Å²) in [5.41, 5.74) is 0.872. The number of pyridine rings is 1. The summed E-state index contributed by atoms with van der Waals surface area (Å²) in [4.78, 5) is 4.10. The fourth-order valence-corrected chi connectivity index (χ4v) is 1.61. The van der Waals surface area contributed by atoms with E-state index in [4.69, 9.17) is 37.4 Å². The average Bonchev–Trinajstić information content (AvgIpc) is 2.39. The van der Waals surface area contributed by atoms with Gasteiger partial charge in [-0.2, -0.15) is 0 Å². The van der Waals surface area contributed by atoms with Gasteiger partial charge < -0.3 is 14.2 Å². The molecule has 0 saturated carbocycles. The molecular formula is C12H17Cl2NO3. The molecule has 0 spiro atoms. The molecule has 6 heteroatoms. The number of methoxy groups -OCH3 is 1. The maximum Gasteiger partial charge on any atom is 0.232 e. The van der Waals surface area contributed by atoms with Crippen LogP contribution < -0.4 is 4.74 Å². The van der Waals surface area contributed by atoms with E-state index >= 15 is 0 Å². The minimum atomic E-state index is 0.389. The summed E-state index contributed by atoms with van der Waals surface area (Å²) in [5.74, 6) is 0.822. The van der Waals surface area contributed by atoms with Gasteiger partial charge in [-0.1, -0.05) is 11.6 Å². The third-order valence-electron chi connectivity index (χ3n) is 2.12. The van der Waals surface area contributed by atoms with E-state index in [1.807, 2.05) is 0 Å². The fraction of sp³-hybridized carbons (Fsp3) is 0.583. The second kappa shape index (κ2) is 9.39. The highest BCUT2D eigenvalue weighted by molar-refractivity contribution is 6.32. The molecule has 1 aromatic heterocycles. The number of hydrogen-bond donors (Lipinski definition) is 0. The lowest BCUT2D eigenvalue weighted by atomic mass is 10.3. The molecule has 0 saturated heterocycles. The van der Waals surface area contributed by atoms with Crippen molar-refractivity contribution >= 4 is 23.2 Å². The molecule has 0 fully saturated rings. The number of ether oxygens (including phenoxy) is 3. The SMILES string of the molecule is COCCOCCCOc1ncc(CCl)cc1Cl. The molecule has 0 amide bonds. The largest absolute Gasteiger partial charge is 0.477 e. The minimum Gasteiger partial charge on any atom is -0.477 e. The van der Waals surface area contributed by atoms with E-state index in [1.54, 1.807) is 19.4 Å². The lowest BCUT2D eigenvalue weighted by molar-refractivity contribution is 0.0642. The molecule has 0 bridgehead atoms. The predicted octanol–water partition coefficient (Wildman–Crippen LogP) is 2.91. The highest BCUT2D eigenvalue weighted by Crippen LogP contribution is 2.23. The number of nitrogens with zero attached hydrogens (tertiary/aromatic N) is 1. The molecule has 0 aromatic carbocycles. The number of alkyl halides is 1. The van der Waals surface area contributed by atoms with Gasteiger partial charge in [0, 0.05) is 32.2 Å². The van der Waals surface area contributed by atoms with E-state index in [9.17, 15) is 0 Å². The molecule has 0 aliphatic rings. The topological polar surface area (TPSA) is 40.6 Å². The predicted molar refractivity (Wildman–Crippen MR) is 71.6 cm³/mol. The maximum atomic E-state index is 6.00. The Balaban J connectivity index is 2.19. The molecule has 0 unspecified atom stereocenters. The molecule has 0 atom stereocenters. The summed E-state index contributed by atoms with van der Waals surface area (Å²) >= 11 is 11.7. The Morgan fingerprint density at radius 3 is 2.72 bits per heavy atom. The van der Waals surface area contributed by atoms with Crippen LogP contribution in [0.2, 0.25) is 5.02 Å². The molecule has 18 heavy (non-hydrogen) atoms. The van der Waals surface area contributed by atoms with Crippen LogP contribution in [0.3, 0.4) is 0 Å². The molecule has 0 aliphatic heterocycles. The Kier molecular flexibility index (Phi) is 8.09. The van der Waals surface area contributed by atoms with Crippen molar-refractivity contribution in [3.8, 4) is 5.88 Å². The standard InChI is InChI=1S/C12H17Cl2NO3/c1-16-5-6-17-3-2-4-18-12-11(14)7-10(8-13)9-15-12/h7,9H,2-6,8H2,1H3. The first-order valence-electron chi connectivity index (χ1n) is 5.67. The number of halogens is 2. The van der Waals surface area contributed by atoms with Gasteiger partial charge in [0.25, 0.3) is 0 Å². The van der Waals surface area contributed by atoms with Gasteiger partial charge >= 0.3 is 0 Å². The lowest BCUT2D eigenvalue weighted by Crippen LogP contribution is -2.07. The number of rotatable bonds is 9. The van der Waals surface area contributed by atoms with Gasteiger partial charge in [-0.15, -0.1) is 11.6 Å². The van der Waals surface area contributed by atoms with E-state index in [0.717, 1.165) is 12.0 Å². The molecule has 0 N–H and O–H groups in total. The van der Waals surface area contributed by atoms with Crippen LogP contribution in [-0.2, 0) is 15.4 Å². The van der Waals surface area contributed by atoms with Gasteiger partial charge in [0.05, 0.1) is 19.8 Å². The van der Waals surface area contributed by atoms with Crippen molar-refractivity contribution in [3.05, 3.63) is 22.8 Å². The minimum absolute atomic E-state index is 0.389. The molecule has 0 radical (unpaired) electrons.